The molecule has 0 radical (unpaired) electrons. The highest BCUT2D eigenvalue weighted by molar-refractivity contribution is 6.74. The van der Waals surface area contributed by atoms with Crippen molar-refractivity contribution in [2.75, 3.05) is 18.0 Å². The van der Waals surface area contributed by atoms with Gasteiger partial charge in [0.25, 0.3) is 0 Å². The van der Waals surface area contributed by atoms with Crippen LogP contribution in [0.2, 0.25) is 18.1 Å². The summed E-state index contributed by atoms with van der Waals surface area (Å²) in [6.45, 7) is 19.7. The smallest absolute Gasteiger partial charge is 0.192 e. The zero-order valence-corrected chi connectivity index (χ0v) is 28.1. The van der Waals surface area contributed by atoms with E-state index in [-0.39, 0.29) is 40.9 Å². The van der Waals surface area contributed by atoms with Gasteiger partial charge in [-0.3, -0.25) is 9.78 Å². The Kier molecular flexibility index (Phi) is 8.86. The third-order valence-corrected chi connectivity index (χ3v) is 14.4. The summed E-state index contributed by atoms with van der Waals surface area (Å²) in [7, 11) is -1.97. The Morgan fingerprint density at radius 2 is 1.64 bits per heavy atom. The number of rotatable bonds is 7. The molecule has 2 aliphatic rings. The van der Waals surface area contributed by atoms with Crippen molar-refractivity contribution in [1.29, 1.82) is 0 Å². The Hall–Kier alpha value is -3.04. The summed E-state index contributed by atoms with van der Waals surface area (Å²) < 4.78 is 50.7. The monoisotopic (exact) mass is 623 g/mol. The Labute approximate surface area is 260 Å². The maximum atomic E-state index is 14.7. The summed E-state index contributed by atoms with van der Waals surface area (Å²) in [5.41, 5.74) is 2.96. The molecule has 0 bridgehead atoms. The van der Waals surface area contributed by atoms with E-state index in [2.05, 4.69) is 64.5 Å². The number of fused-ring (bicyclic) bond motifs is 1. The molecule has 3 heterocycles. The first-order chi connectivity index (χ1) is 20.6. The Morgan fingerprint density at radius 1 is 1.00 bits per heavy atom. The SMILES string of the molecule is C[C@@H]1CCc2c1ncc(CC(=O)c1ccc(F)c(-c3c(F)cccc3F)n1)c2N1C[C@@H](C)C(O[Si](C)(C)C(C)(C)C)[C@@H](C)C1. The summed E-state index contributed by atoms with van der Waals surface area (Å²) in [4.78, 5) is 25.0. The van der Waals surface area contributed by atoms with Crippen molar-refractivity contribution in [3.8, 4) is 11.3 Å². The van der Waals surface area contributed by atoms with Crippen LogP contribution < -0.4 is 4.90 Å². The maximum Gasteiger partial charge on any atom is 0.192 e. The minimum Gasteiger partial charge on any atom is -0.413 e. The molecule has 0 saturated carbocycles. The van der Waals surface area contributed by atoms with Crippen LogP contribution in [0, 0.1) is 29.3 Å². The molecule has 3 aromatic rings. The maximum absolute atomic E-state index is 14.7. The van der Waals surface area contributed by atoms with E-state index in [1.54, 1.807) is 6.20 Å². The minimum absolute atomic E-state index is 0.00895. The van der Waals surface area contributed by atoms with Gasteiger partial charge in [0.2, 0.25) is 0 Å². The summed E-state index contributed by atoms with van der Waals surface area (Å²) in [5.74, 6) is -2.26. The number of pyridine rings is 2. The van der Waals surface area contributed by atoms with E-state index in [0.29, 0.717) is 5.92 Å². The fourth-order valence-electron chi connectivity index (χ4n) is 6.52. The molecule has 1 aromatic carbocycles. The molecule has 5 rings (SSSR count). The molecule has 1 aliphatic carbocycles. The first kappa shape index (κ1) is 32.4. The number of ketones is 1. The van der Waals surface area contributed by atoms with Crippen LogP contribution in [0.1, 0.15) is 81.2 Å². The first-order valence-electron chi connectivity index (χ1n) is 15.7. The van der Waals surface area contributed by atoms with Crippen LogP contribution >= 0.6 is 0 Å². The number of halogens is 3. The van der Waals surface area contributed by atoms with Crippen LogP contribution in [0.3, 0.4) is 0 Å². The third-order valence-electron chi connectivity index (χ3n) is 9.93. The number of carbonyl (C=O) groups is 1. The van der Waals surface area contributed by atoms with Gasteiger partial charge in [0.1, 0.15) is 28.8 Å². The van der Waals surface area contributed by atoms with E-state index in [1.807, 2.05) is 0 Å². The van der Waals surface area contributed by atoms with Crippen molar-refractivity contribution >= 4 is 19.8 Å². The average Bonchev–Trinajstić information content (AvgIpc) is 3.31. The molecule has 5 nitrogen and oxygen atoms in total. The number of anilines is 1. The first-order valence-corrected chi connectivity index (χ1v) is 18.6. The van der Waals surface area contributed by atoms with E-state index in [4.69, 9.17) is 9.41 Å². The number of piperidine rings is 1. The van der Waals surface area contributed by atoms with E-state index in [9.17, 15) is 18.0 Å². The van der Waals surface area contributed by atoms with Gasteiger partial charge in [-0.05, 0) is 78.6 Å². The standard InChI is InChI=1S/C35H44F3N3O2Si/c1-20-12-13-24-31(20)39-17-23(33(24)41-18-21(2)34(22(3)19-41)43-44(7,8)35(4,5)6)16-29(42)28-15-14-27(38)32(40-28)30-25(36)10-9-11-26(30)37/h9-11,14-15,17,20-22,34H,12-13,16,18-19H2,1-8H3/t20-,21-,22+,34?/m1/s1. The third kappa shape index (κ3) is 6.10. The Morgan fingerprint density at radius 3 is 2.25 bits per heavy atom. The van der Waals surface area contributed by atoms with Gasteiger partial charge < -0.3 is 9.33 Å². The molecule has 44 heavy (non-hydrogen) atoms. The molecule has 2 aromatic heterocycles. The van der Waals surface area contributed by atoms with Gasteiger partial charge >= 0.3 is 0 Å². The Bertz CT molecular complexity index is 1540. The Balaban J connectivity index is 1.47. The van der Waals surface area contributed by atoms with Gasteiger partial charge in [0.05, 0.1) is 11.7 Å². The lowest BCUT2D eigenvalue weighted by molar-refractivity contribution is 0.0626. The van der Waals surface area contributed by atoms with Crippen LogP contribution in [0.15, 0.2) is 36.5 Å². The van der Waals surface area contributed by atoms with Gasteiger partial charge in [-0.1, -0.05) is 47.6 Å². The molecule has 1 fully saturated rings. The molecule has 0 amide bonds. The molecular formula is C35H44F3N3O2Si. The fraction of sp³-hybridized carbons (Fsp3) is 0.514. The zero-order valence-electron chi connectivity index (χ0n) is 27.1. The highest BCUT2D eigenvalue weighted by Crippen LogP contribution is 2.44. The summed E-state index contributed by atoms with van der Waals surface area (Å²) in [5, 5.41) is 0.117. The average molecular weight is 624 g/mol. The molecule has 0 spiro atoms. The molecule has 4 atom stereocenters. The number of aromatic nitrogens is 2. The van der Waals surface area contributed by atoms with Crippen molar-refractivity contribution in [2.24, 2.45) is 11.8 Å². The van der Waals surface area contributed by atoms with Crippen molar-refractivity contribution in [1.82, 2.24) is 9.97 Å². The van der Waals surface area contributed by atoms with Gasteiger partial charge in [-0.2, -0.15) is 0 Å². The van der Waals surface area contributed by atoms with Gasteiger partial charge in [-0.15, -0.1) is 0 Å². The predicted molar refractivity (Wildman–Crippen MR) is 171 cm³/mol. The number of Topliss-reactive ketones (excluding diaryl/α,β-unsaturated/α-hetero) is 1. The molecule has 9 heteroatoms. The van der Waals surface area contributed by atoms with Crippen LogP contribution in [0.5, 0.6) is 0 Å². The van der Waals surface area contributed by atoms with Gasteiger partial charge in [0.15, 0.2) is 14.1 Å². The van der Waals surface area contributed by atoms with Gasteiger partial charge in [0, 0.05) is 42.7 Å². The van der Waals surface area contributed by atoms with Crippen molar-refractivity contribution in [3.63, 3.8) is 0 Å². The summed E-state index contributed by atoms with van der Waals surface area (Å²) in [6.07, 6.45) is 3.81. The number of carbonyl (C=O) groups excluding carboxylic acids is 1. The number of benzene rings is 1. The normalized spacial score (nSPS) is 22.3. The summed E-state index contributed by atoms with van der Waals surface area (Å²) in [6, 6.07) is 5.60. The quantitative estimate of drug-likeness (QED) is 0.195. The van der Waals surface area contributed by atoms with E-state index >= 15 is 0 Å². The van der Waals surface area contributed by atoms with E-state index in [1.165, 1.54) is 17.7 Å². The second kappa shape index (κ2) is 12.0. The largest absolute Gasteiger partial charge is 0.413 e. The summed E-state index contributed by atoms with van der Waals surface area (Å²) >= 11 is 0. The molecular weight excluding hydrogens is 579 g/mol. The predicted octanol–water partition coefficient (Wildman–Crippen LogP) is 8.52. The van der Waals surface area contributed by atoms with Gasteiger partial charge in [-0.25, -0.2) is 18.2 Å². The number of hydrogen-bond acceptors (Lipinski definition) is 5. The lowest BCUT2D eigenvalue weighted by Gasteiger charge is -2.48. The van der Waals surface area contributed by atoms with Crippen molar-refractivity contribution in [3.05, 3.63) is 76.5 Å². The highest BCUT2D eigenvalue weighted by Gasteiger charge is 2.44. The van der Waals surface area contributed by atoms with Crippen LogP contribution in [-0.4, -0.2) is 43.3 Å². The van der Waals surface area contributed by atoms with Crippen molar-refractivity contribution in [2.45, 2.75) is 91.0 Å². The molecule has 236 valence electrons. The molecule has 1 aliphatic heterocycles. The van der Waals surface area contributed by atoms with Crippen molar-refractivity contribution < 1.29 is 22.4 Å². The van der Waals surface area contributed by atoms with Crippen LogP contribution in [0.25, 0.3) is 11.3 Å². The second-order valence-corrected chi connectivity index (χ2v) is 19.1. The zero-order chi connectivity index (χ0) is 32.1. The molecule has 1 saturated heterocycles. The van der Waals surface area contributed by atoms with Crippen LogP contribution in [-0.2, 0) is 17.3 Å². The lowest BCUT2D eigenvalue weighted by Crippen LogP contribution is -2.54. The van der Waals surface area contributed by atoms with E-state index in [0.717, 1.165) is 61.1 Å². The van der Waals surface area contributed by atoms with E-state index < -0.39 is 37.0 Å². The number of nitrogens with zero attached hydrogens (tertiary/aromatic N) is 3. The molecule has 0 N–H and O–H groups in total. The lowest BCUT2D eigenvalue weighted by atomic mass is 9.87. The number of hydrogen-bond donors (Lipinski definition) is 0. The minimum atomic E-state index is -1.97. The second-order valence-electron chi connectivity index (χ2n) is 14.4. The fourth-order valence-corrected chi connectivity index (χ4v) is 8.02. The topological polar surface area (TPSA) is 55.3 Å². The highest BCUT2D eigenvalue weighted by atomic mass is 28.4. The van der Waals surface area contributed by atoms with Crippen LogP contribution in [0.4, 0.5) is 18.9 Å². The molecule has 1 unspecified atom stereocenters.